The van der Waals surface area contributed by atoms with Gasteiger partial charge in [0.1, 0.15) is 0 Å². The highest BCUT2D eigenvalue weighted by Crippen LogP contribution is 2.22. The Kier molecular flexibility index (Phi) is 4.24. The average molecular weight is 296 g/mol. The number of piperidine rings is 1. The summed E-state index contributed by atoms with van der Waals surface area (Å²) in [6, 6.07) is 4.50. The zero-order chi connectivity index (χ0) is 14.7. The van der Waals surface area contributed by atoms with Crippen LogP contribution in [0.25, 0.3) is 0 Å². The number of benzene rings is 1. The van der Waals surface area contributed by atoms with Gasteiger partial charge in [-0.3, -0.25) is 14.4 Å². The lowest BCUT2D eigenvalue weighted by Crippen LogP contribution is -2.40. The molecule has 1 aromatic rings. The third kappa shape index (κ3) is 3.27. The van der Waals surface area contributed by atoms with Gasteiger partial charge in [0.05, 0.1) is 16.5 Å². The number of carbonyl (C=O) groups is 3. The van der Waals surface area contributed by atoms with E-state index < -0.39 is 5.91 Å². The van der Waals surface area contributed by atoms with Gasteiger partial charge in [-0.05, 0) is 24.6 Å². The predicted molar refractivity (Wildman–Crippen MR) is 74.3 cm³/mol. The lowest BCUT2D eigenvalue weighted by atomic mass is 9.98. The monoisotopic (exact) mass is 295 g/mol. The maximum Gasteiger partial charge on any atom is 0.250 e. The zero-order valence-corrected chi connectivity index (χ0v) is 11.4. The first kappa shape index (κ1) is 14.3. The van der Waals surface area contributed by atoms with Gasteiger partial charge in [-0.1, -0.05) is 11.6 Å². The third-order valence-electron chi connectivity index (χ3n) is 3.14. The molecule has 106 valence electrons. The summed E-state index contributed by atoms with van der Waals surface area (Å²) in [7, 11) is 0. The molecular weight excluding hydrogens is 282 g/mol. The molecule has 4 N–H and O–H groups in total. The Morgan fingerprint density at radius 1 is 1.40 bits per heavy atom. The molecule has 1 fully saturated rings. The van der Waals surface area contributed by atoms with Crippen molar-refractivity contribution in [3.63, 3.8) is 0 Å². The molecule has 1 aliphatic heterocycles. The summed E-state index contributed by atoms with van der Waals surface area (Å²) in [5, 5.41) is 5.54. The highest BCUT2D eigenvalue weighted by molar-refractivity contribution is 6.34. The molecule has 0 radical (unpaired) electrons. The lowest BCUT2D eigenvalue weighted by Gasteiger charge is -2.21. The van der Waals surface area contributed by atoms with E-state index in [4.69, 9.17) is 17.3 Å². The lowest BCUT2D eigenvalue weighted by molar-refractivity contribution is -0.126. The standard InChI is InChI=1S/C13H14ClN3O3/c14-10-5-8(2-3-9(10)12(15)19)17-13(20)7-1-4-11(18)16-6-7/h2-3,5,7H,1,4,6H2,(H2,15,19)(H,16,18)(H,17,20). The molecule has 1 heterocycles. The molecule has 7 heteroatoms. The van der Waals surface area contributed by atoms with Crippen molar-refractivity contribution in [3.8, 4) is 0 Å². The number of amides is 3. The minimum Gasteiger partial charge on any atom is -0.366 e. The number of rotatable bonds is 3. The Balaban J connectivity index is 2.03. The minimum absolute atomic E-state index is 0.0390. The summed E-state index contributed by atoms with van der Waals surface area (Å²) in [6.45, 7) is 0.331. The highest BCUT2D eigenvalue weighted by Gasteiger charge is 2.24. The molecule has 2 rings (SSSR count). The van der Waals surface area contributed by atoms with Gasteiger partial charge in [-0.2, -0.15) is 0 Å². The van der Waals surface area contributed by atoms with Gasteiger partial charge < -0.3 is 16.4 Å². The fourth-order valence-corrected chi connectivity index (χ4v) is 2.27. The van der Waals surface area contributed by atoms with E-state index in [0.29, 0.717) is 25.1 Å². The molecular formula is C13H14ClN3O3. The molecule has 1 aliphatic rings. The Morgan fingerprint density at radius 2 is 2.15 bits per heavy atom. The Hall–Kier alpha value is -2.08. The quantitative estimate of drug-likeness (QED) is 0.772. The zero-order valence-electron chi connectivity index (χ0n) is 10.6. The molecule has 20 heavy (non-hydrogen) atoms. The largest absolute Gasteiger partial charge is 0.366 e. The Bertz CT molecular complexity index is 564. The molecule has 0 bridgehead atoms. The summed E-state index contributed by atoms with van der Waals surface area (Å²) in [6.07, 6.45) is 0.865. The van der Waals surface area contributed by atoms with Crippen molar-refractivity contribution in [2.24, 2.45) is 11.7 Å². The SMILES string of the molecule is NC(=O)c1ccc(NC(=O)C2CCC(=O)NC2)cc1Cl. The van der Waals surface area contributed by atoms with E-state index in [1.54, 1.807) is 6.07 Å². The number of halogens is 1. The van der Waals surface area contributed by atoms with E-state index >= 15 is 0 Å². The fraction of sp³-hybridized carbons (Fsp3) is 0.308. The van der Waals surface area contributed by atoms with E-state index in [-0.39, 0.29) is 28.3 Å². The van der Waals surface area contributed by atoms with Gasteiger partial charge in [0.15, 0.2) is 0 Å². The molecule has 0 aliphatic carbocycles. The van der Waals surface area contributed by atoms with Crippen LogP contribution < -0.4 is 16.4 Å². The van der Waals surface area contributed by atoms with Crippen LogP contribution in [-0.2, 0) is 9.59 Å². The normalized spacial score (nSPS) is 18.2. The van der Waals surface area contributed by atoms with Crippen molar-refractivity contribution in [2.45, 2.75) is 12.8 Å². The summed E-state index contributed by atoms with van der Waals surface area (Å²) in [5.41, 5.74) is 5.84. The summed E-state index contributed by atoms with van der Waals surface area (Å²) >= 11 is 5.90. The molecule has 1 saturated heterocycles. The van der Waals surface area contributed by atoms with Crippen LogP contribution in [0.5, 0.6) is 0 Å². The molecule has 0 spiro atoms. The second-order valence-electron chi connectivity index (χ2n) is 4.59. The van der Waals surface area contributed by atoms with Gasteiger partial charge in [-0.15, -0.1) is 0 Å². The average Bonchev–Trinajstić information content (AvgIpc) is 2.39. The van der Waals surface area contributed by atoms with Crippen LogP contribution in [0.3, 0.4) is 0 Å². The first-order valence-electron chi connectivity index (χ1n) is 6.14. The van der Waals surface area contributed by atoms with E-state index in [9.17, 15) is 14.4 Å². The maximum absolute atomic E-state index is 12.0. The Labute approximate surface area is 120 Å². The number of hydrogen-bond donors (Lipinski definition) is 3. The molecule has 1 aromatic carbocycles. The van der Waals surface area contributed by atoms with Crippen LogP contribution in [0, 0.1) is 5.92 Å². The van der Waals surface area contributed by atoms with Gasteiger partial charge in [-0.25, -0.2) is 0 Å². The van der Waals surface area contributed by atoms with Crippen LogP contribution in [0.15, 0.2) is 18.2 Å². The number of hydrogen-bond acceptors (Lipinski definition) is 3. The molecule has 1 atom stereocenters. The van der Waals surface area contributed by atoms with Crippen LogP contribution in [0.4, 0.5) is 5.69 Å². The molecule has 3 amide bonds. The van der Waals surface area contributed by atoms with Gasteiger partial charge in [0, 0.05) is 18.7 Å². The molecule has 0 aromatic heterocycles. The number of nitrogens with one attached hydrogen (secondary N) is 2. The second-order valence-corrected chi connectivity index (χ2v) is 5.00. The van der Waals surface area contributed by atoms with Crippen LogP contribution in [0.2, 0.25) is 5.02 Å². The number of carbonyl (C=O) groups excluding carboxylic acids is 3. The van der Waals surface area contributed by atoms with Crippen molar-refractivity contribution in [2.75, 3.05) is 11.9 Å². The van der Waals surface area contributed by atoms with Crippen molar-refractivity contribution in [1.29, 1.82) is 0 Å². The van der Waals surface area contributed by atoms with Crippen molar-refractivity contribution < 1.29 is 14.4 Å². The van der Waals surface area contributed by atoms with E-state index in [2.05, 4.69) is 10.6 Å². The van der Waals surface area contributed by atoms with Gasteiger partial charge >= 0.3 is 0 Å². The van der Waals surface area contributed by atoms with E-state index in [1.165, 1.54) is 12.1 Å². The molecule has 0 saturated carbocycles. The number of primary amides is 1. The van der Waals surface area contributed by atoms with E-state index in [1.807, 2.05) is 0 Å². The fourth-order valence-electron chi connectivity index (χ4n) is 1.99. The van der Waals surface area contributed by atoms with E-state index in [0.717, 1.165) is 0 Å². The summed E-state index contributed by atoms with van der Waals surface area (Å²) < 4.78 is 0. The number of anilines is 1. The first-order chi connectivity index (χ1) is 9.47. The van der Waals surface area contributed by atoms with Crippen molar-refractivity contribution in [3.05, 3.63) is 28.8 Å². The number of nitrogens with two attached hydrogens (primary N) is 1. The summed E-state index contributed by atoms with van der Waals surface area (Å²) in [4.78, 5) is 34.1. The summed E-state index contributed by atoms with van der Waals surface area (Å²) in [5.74, 6) is -1.11. The smallest absolute Gasteiger partial charge is 0.250 e. The highest BCUT2D eigenvalue weighted by atomic mass is 35.5. The van der Waals surface area contributed by atoms with Crippen LogP contribution in [0.1, 0.15) is 23.2 Å². The third-order valence-corrected chi connectivity index (χ3v) is 3.45. The molecule has 1 unspecified atom stereocenters. The van der Waals surface area contributed by atoms with Crippen LogP contribution >= 0.6 is 11.6 Å². The van der Waals surface area contributed by atoms with Crippen LogP contribution in [-0.4, -0.2) is 24.3 Å². The minimum atomic E-state index is -0.622. The van der Waals surface area contributed by atoms with Crippen molar-refractivity contribution >= 4 is 35.0 Å². The van der Waals surface area contributed by atoms with Crippen molar-refractivity contribution in [1.82, 2.24) is 5.32 Å². The van der Waals surface area contributed by atoms with Gasteiger partial charge in [0.25, 0.3) is 0 Å². The molecule has 6 nitrogen and oxygen atoms in total. The topological polar surface area (TPSA) is 101 Å². The second kappa shape index (κ2) is 5.92. The maximum atomic E-state index is 12.0. The predicted octanol–water partition coefficient (Wildman–Crippen LogP) is 0.904. The first-order valence-corrected chi connectivity index (χ1v) is 6.52. The Morgan fingerprint density at radius 3 is 2.70 bits per heavy atom. The van der Waals surface area contributed by atoms with Gasteiger partial charge in [0.2, 0.25) is 17.7 Å².